The van der Waals surface area contributed by atoms with Crippen LogP contribution in [0.1, 0.15) is 31.0 Å². The molecule has 0 spiro atoms. The molecule has 0 aromatic heterocycles. The smallest absolute Gasteiger partial charge is 0.308 e. The Bertz CT molecular complexity index is 427. The minimum atomic E-state index is -0.666. The quantitative estimate of drug-likeness (QED) is 0.892. The first-order valence-corrected chi connectivity index (χ1v) is 6.52. The Hall–Kier alpha value is -1.35. The van der Waals surface area contributed by atoms with Gasteiger partial charge in [-0.2, -0.15) is 0 Å². The van der Waals surface area contributed by atoms with Crippen molar-refractivity contribution >= 4 is 5.97 Å². The molecule has 1 heterocycles. The van der Waals surface area contributed by atoms with Crippen LogP contribution in [-0.4, -0.2) is 29.1 Å². The van der Waals surface area contributed by atoms with E-state index in [0.29, 0.717) is 6.54 Å². The highest BCUT2D eigenvalue weighted by Crippen LogP contribution is 2.30. The standard InChI is InChI=1S/C15H21NO2/c1-10-4-6-13(7-5-10)12(3)16-8-11(2)14(9-16)15(17)18/h4-7,11-12,14H,8-9H2,1-3H3,(H,17,18). The summed E-state index contributed by atoms with van der Waals surface area (Å²) in [5, 5.41) is 9.16. The Balaban J connectivity index is 2.09. The van der Waals surface area contributed by atoms with Crippen LogP contribution in [0, 0.1) is 18.8 Å². The molecule has 2 rings (SSSR count). The van der Waals surface area contributed by atoms with Gasteiger partial charge in [0.05, 0.1) is 5.92 Å². The maximum atomic E-state index is 11.1. The number of hydrogen-bond acceptors (Lipinski definition) is 2. The predicted molar refractivity (Wildman–Crippen MR) is 71.5 cm³/mol. The number of hydrogen-bond donors (Lipinski definition) is 1. The molecule has 1 aromatic carbocycles. The summed E-state index contributed by atoms with van der Waals surface area (Å²) in [4.78, 5) is 13.4. The van der Waals surface area contributed by atoms with Gasteiger partial charge in [-0.15, -0.1) is 0 Å². The van der Waals surface area contributed by atoms with Crippen LogP contribution in [0.2, 0.25) is 0 Å². The fourth-order valence-corrected chi connectivity index (χ4v) is 2.70. The van der Waals surface area contributed by atoms with Gasteiger partial charge in [0, 0.05) is 19.1 Å². The average molecular weight is 247 g/mol. The van der Waals surface area contributed by atoms with E-state index in [1.807, 2.05) is 6.92 Å². The highest BCUT2D eigenvalue weighted by Gasteiger charge is 2.36. The molecule has 1 aliphatic heterocycles. The molecule has 0 bridgehead atoms. The molecule has 1 fully saturated rings. The molecule has 1 saturated heterocycles. The highest BCUT2D eigenvalue weighted by molar-refractivity contribution is 5.71. The third-order valence-electron chi connectivity index (χ3n) is 4.07. The van der Waals surface area contributed by atoms with Crippen LogP contribution in [0.15, 0.2) is 24.3 Å². The van der Waals surface area contributed by atoms with Crippen LogP contribution in [0.5, 0.6) is 0 Å². The third-order valence-corrected chi connectivity index (χ3v) is 4.07. The number of carbonyl (C=O) groups is 1. The molecule has 1 aromatic rings. The molecule has 18 heavy (non-hydrogen) atoms. The third kappa shape index (κ3) is 2.56. The van der Waals surface area contributed by atoms with Crippen molar-refractivity contribution in [2.45, 2.75) is 26.8 Å². The van der Waals surface area contributed by atoms with Crippen molar-refractivity contribution in [3.8, 4) is 0 Å². The fraction of sp³-hybridized carbons (Fsp3) is 0.533. The van der Waals surface area contributed by atoms with Crippen molar-refractivity contribution in [1.29, 1.82) is 0 Å². The first kappa shape index (κ1) is 13.1. The van der Waals surface area contributed by atoms with Crippen molar-refractivity contribution < 1.29 is 9.90 Å². The van der Waals surface area contributed by atoms with Crippen LogP contribution >= 0.6 is 0 Å². The Labute approximate surface area is 108 Å². The molecule has 0 radical (unpaired) electrons. The lowest BCUT2D eigenvalue weighted by atomic mass is 9.99. The molecule has 1 aliphatic rings. The molecule has 3 nitrogen and oxygen atoms in total. The van der Waals surface area contributed by atoms with Gasteiger partial charge in [0.25, 0.3) is 0 Å². The van der Waals surface area contributed by atoms with Crippen LogP contribution in [0.25, 0.3) is 0 Å². The first-order chi connectivity index (χ1) is 8.49. The van der Waals surface area contributed by atoms with Gasteiger partial charge in [-0.25, -0.2) is 0 Å². The Morgan fingerprint density at radius 2 is 1.94 bits per heavy atom. The van der Waals surface area contributed by atoms with Gasteiger partial charge >= 0.3 is 5.97 Å². The van der Waals surface area contributed by atoms with Gasteiger partial charge < -0.3 is 5.11 Å². The second kappa shape index (κ2) is 5.11. The zero-order chi connectivity index (χ0) is 13.3. The number of aliphatic carboxylic acids is 1. The molecule has 3 atom stereocenters. The molecule has 98 valence electrons. The number of nitrogens with zero attached hydrogens (tertiary/aromatic N) is 1. The van der Waals surface area contributed by atoms with Crippen LogP contribution in [-0.2, 0) is 4.79 Å². The molecule has 0 aliphatic carbocycles. The van der Waals surface area contributed by atoms with Crippen molar-refractivity contribution in [3.05, 3.63) is 35.4 Å². The van der Waals surface area contributed by atoms with Gasteiger partial charge in [-0.05, 0) is 25.3 Å². The molecular formula is C15H21NO2. The van der Waals surface area contributed by atoms with Crippen LogP contribution in [0.4, 0.5) is 0 Å². The van der Waals surface area contributed by atoms with Crippen molar-refractivity contribution in [3.63, 3.8) is 0 Å². The van der Waals surface area contributed by atoms with E-state index in [4.69, 9.17) is 5.11 Å². The number of aryl methyl sites for hydroxylation is 1. The summed E-state index contributed by atoms with van der Waals surface area (Å²) in [6.45, 7) is 7.78. The summed E-state index contributed by atoms with van der Waals surface area (Å²) in [5.74, 6) is -0.658. The second-order valence-electron chi connectivity index (χ2n) is 5.46. The van der Waals surface area contributed by atoms with E-state index in [1.165, 1.54) is 11.1 Å². The normalized spacial score (nSPS) is 26.2. The highest BCUT2D eigenvalue weighted by atomic mass is 16.4. The molecule has 3 unspecified atom stereocenters. The van der Waals surface area contributed by atoms with Crippen molar-refractivity contribution in [2.75, 3.05) is 13.1 Å². The zero-order valence-electron chi connectivity index (χ0n) is 11.3. The Morgan fingerprint density at radius 3 is 2.44 bits per heavy atom. The summed E-state index contributed by atoms with van der Waals surface area (Å²) in [6, 6.07) is 8.79. The monoisotopic (exact) mass is 247 g/mol. The number of rotatable bonds is 3. The molecule has 0 saturated carbocycles. The van der Waals surface area contributed by atoms with E-state index in [1.54, 1.807) is 0 Å². The molecule has 0 amide bonds. The van der Waals surface area contributed by atoms with Crippen molar-refractivity contribution in [2.24, 2.45) is 11.8 Å². The maximum absolute atomic E-state index is 11.1. The van der Waals surface area contributed by atoms with Crippen molar-refractivity contribution in [1.82, 2.24) is 4.90 Å². The van der Waals surface area contributed by atoms with Gasteiger partial charge in [0.1, 0.15) is 0 Å². The molecule has 3 heteroatoms. The van der Waals surface area contributed by atoms with Crippen LogP contribution in [0.3, 0.4) is 0 Å². The first-order valence-electron chi connectivity index (χ1n) is 6.52. The Kier molecular flexibility index (Phi) is 3.71. The van der Waals surface area contributed by atoms with Gasteiger partial charge in [-0.3, -0.25) is 9.69 Å². The molecular weight excluding hydrogens is 226 g/mol. The minimum Gasteiger partial charge on any atom is -0.481 e. The lowest BCUT2D eigenvalue weighted by molar-refractivity contribution is -0.142. The van der Waals surface area contributed by atoms with E-state index in [9.17, 15) is 4.79 Å². The van der Waals surface area contributed by atoms with E-state index < -0.39 is 5.97 Å². The van der Waals surface area contributed by atoms with E-state index >= 15 is 0 Å². The maximum Gasteiger partial charge on any atom is 0.308 e. The summed E-state index contributed by atoms with van der Waals surface area (Å²) in [7, 11) is 0. The predicted octanol–water partition coefficient (Wildman–Crippen LogP) is 2.71. The zero-order valence-corrected chi connectivity index (χ0v) is 11.3. The molecule has 1 N–H and O–H groups in total. The summed E-state index contributed by atoms with van der Waals surface area (Å²) in [6.07, 6.45) is 0. The second-order valence-corrected chi connectivity index (χ2v) is 5.46. The van der Waals surface area contributed by atoms with Gasteiger partial charge in [-0.1, -0.05) is 36.8 Å². The number of likely N-dealkylation sites (tertiary alicyclic amines) is 1. The van der Waals surface area contributed by atoms with Gasteiger partial charge in [0.15, 0.2) is 0 Å². The van der Waals surface area contributed by atoms with Gasteiger partial charge in [0.2, 0.25) is 0 Å². The lowest BCUT2D eigenvalue weighted by Crippen LogP contribution is -2.26. The topological polar surface area (TPSA) is 40.5 Å². The number of carboxylic acid groups (broad SMARTS) is 1. The van der Waals surface area contributed by atoms with E-state index in [2.05, 4.69) is 43.0 Å². The summed E-state index contributed by atoms with van der Waals surface area (Å²) < 4.78 is 0. The summed E-state index contributed by atoms with van der Waals surface area (Å²) >= 11 is 0. The number of carboxylic acids is 1. The van der Waals surface area contributed by atoms with Crippen LogP contribution < -0.4 is 0 Å². The average Bonchev–Trinajstić information content (AvgIpc) is 2.71. The fourth-order valence-electron chi connectivity index (χ4n) is 2.70. The number of benzene rings is 1. The largest absolute Gasteiger partial charge is 0.481 e. The van der Waals surface area contributed by atoms with E-state index in [-0.39, 0.29) is 17.9 Å². The Morgan fingerprint density at radius 1 is 1.33 bits per heavy atom. The SMILES string of the molecule is Cc1ccc(C(C)N2CC(C)C(C(=O)O)C2)cc1. The minimum absolute atomic E-state index is 0.224. The summed E-state index contributed by atoms with van der Waals surface area (Å²) in [5.41, 5.74) is 2.52. The van der Waals surface area contributed by atoms with E-state index in [0.717, 1.165) is 6.54 Å². The lowest BCUT2D eigenvalue weighted by Gasteiger charge is -2.24.